The van der Waals surface area contributed by atoms with E-state index in [-0.39, 0.29) is 0 Å². The third kappa shape index (κ3) is 5.48. The van der Waals surface area contributed by atoms with Crippen molar-refractivity contribution in [3.8, 4) is 0 Å². The molecular formula is C8H14O2. The van der Waals surface area contributed by atoms with Crippen molar-refractivity contribution in [2.24, 2.45) is 5.92 Å². The molecule has 0 aromatic carbocycles. The standard InChI is InChI=1S/C8H14O2/c1-8(5-7-10)4-2-3-6-9/h6-8H,2-5H2,1H3. The van der Waals surface area contributed by atoms with Gasteiger partial charge in [0.15, 0.2) is 0 Å². The number of hydrogen-bond acceptors (Lipinski definition) is 2. The van der Waals surface area contributed by atoms with Crippen molar-refractivity contribution in [3.63, 3.8) is 0 Å². The molecule has 0 rings (SSSR count). The maximum Gasteiger partial charge on any atom is 0.120 e. The van der Waals surface area contributed by atoms with Gasteiger partial charge in [-0.2, -0.15) is 0 Å². The SMILES string of the molecule is CC(CC=O)CCCC=O. The fourth-order valence-corrected chi connectivity index (χ4v) is 0.832. The monoisotopic (exact) mass is 142 g/mol. The van der Waals surface area contributed by atoms with Crippen LogP contribution >= 0.6 is 0 Å². The fourth-order valence-electron chi connectivity index (χ4n) is 0.832. The van der Waals surface area contributed by atoms with E-state index < -0.39 is 0 Å². The first-order chi connectivity index (χ1) is 4.81. The first kappa shape index (κ1) is 9.34. The van der Waals surface area contributed by atoms with E-state index in [1.165, 1.54) is 0 Å². The lowest BCUT2D eigenvalue weighted by molar-refractivity contribution is -0.108. The first-order valence-electron chi connectivity index (χ1n) is 3.68. The highest BCUT2D eigenvalue weighted by atomic mass is 16.1. The topological polar surface area (TPSA) is 34.1 Å². The molecule has 0 bridgehead atoms. The van der Waals surface area contributed by atoms with Crippen molar-refractivity contribution < 1.29 is 9.59 Å². The van der Waals surface area contributed by atoms with Crippen molar-refractivity contribution >= 4 is 12.6 Å². The van der Waals surface area contributed by atoms with Crippen LogP contribution in [0.15, 0.2) is 0 Å². The quantitative estimate of drug-likeness (QED) is 0.417. The van der Waals surface area contributed by atoms with Gasteiger partial charge in [-0.1, -0.05) is 6.92 Å². The van der Waals surface area contributed by atoms with Crippen molar-refractivity contribution in [2.75, 3.05) is 0 Å². The average Bonchev–Trinajstić information content (AvgIpc) is 1.89. The van der Waals surface area contributed by atoms with Crippen LogP contribution in [0.5, 0.6) is 0 Å². The zero-order chi connectivity index (χ0) is 7.82. The summed E-state index contributed by atoms with van der Waals surface area (Å²) >= 11 is 0. The van der Waals surface area contributed by atoms with E-state index in [9.17, 15) is 9.59 Å². The second-order valence-electron chi connectivity index (χ2n) is 2.61. The summed E-state index contributed by atoms with van der Waals surface area (Å²) in [6, 6.07) is 0. The molecule has 0 spiro atoms. The predicted molar refractivity (Wildman–Crippen MR) is 39.8 cm³/mol. The van der Waals surface area contributed by atoms with E-state index in [2.05, 4.69) is 0 Å². The number of hydrogen-bond donors (Lipinski definition) is 0. The van der Waals surface area contributed by atoms with E-state index in [1.807, 2.05) is 6.92 Å². The van der Waals surface area contributed by atoms with Gasteiger partial charge in [-0.05, 0) is 18.8 Å². The van der Waals surface area contributed by atoms with Crippen molar-refractivity contribution in [1.82, 2.24) is 0 Å². The van der Waals surface area contributed by atoms with Gasteiger partial charge in [0.1, 0.15) is 12.6 Å². The molecule has 0 amide bonds. The van der Waals surface area contributed by atoms with Crippen LogP contribution in [0.25, 0.3) is 0 Å². The highest BCUT2D eigenvalue weighted by Gasteiger charge is 1.98. The highest BCUT2D eigenvalue weighted by Crippen LogP contribution is 2.08. The lowest BCUT2D eigenvalue weighted by Gasteiger charge is -2.03. The molecule has 0 aromatic heterocycles. The minimum atomic E-state index is 0.442. The summed E-state index contributed by atoms with van der Waals surface area (Å²) in [4.78, 5) is 19.9. The second-order valence-corrected chi connectivity index (χ2v) is 2.61. The summed E-state index contributed by atoms with van der Waals surface area (Å²) in [5.41, 5.74) is 0. The van der Waals surface area contributed by atoms with Gasteiger partial charge in [0, 0.05) is 12.8 Å². The van der Waals surface area contributed by atoms with Gasteiger partial charge in [0.25, 0.3) is 0 Å². The molecule has 0 aliphatic rings. The van der Waals surface area contributed by atoms with Crippen LogP contribution in [0.1, 0.15) is 32.6 Å². The van der Waals surface area contributed by atoms with Crippen LogP contribution in [0.2, 0.25) is 0 Å². The average molecular weight is 142 g/mol. The maximum absolute atomic E-state index is 9.98. The van der Waals surface area contributed by atoms with Crippen LogP contribution in [0, 0.1) is 5.92 Å². The van der Waals surface area contributed by atoms with E-state index in [4.69, 9.17) is 0 Å². The summed E-state index contributed by atoms with van der Waals surface area (Å²) < 4.78 is 0. The minimum Gasteiger partial charge on any atom is -0.303 e. The van der Waals surface area contributed by atoms with Crippen LogP contribution in [-0.2, 0) is 9.59 Å². The van der Waals surface area contributed by atoms with Crippen molar-refractivity contribution in [2.45, 2.75) is 32.6 Å². The smallest absolute Gasteiger partial charge is 0.120 e. The molecule has 1 atom stereocenters. The third-order valence-corrected chi connectivity index (χ3v) is 1.52. The second kappa shape index (κ2) is 6.46. The number of carbonyl (C=O) groups is 2. The van der Waals surface area contributed by atoms with Crippen LogP contribution < -0.4 is 0 Å². The molecule has 0 aliphatic carbocycles. The number of carbonyl (C=O) groups excluding carboxylic acids is 2. The van der Waals surface area contributed by atoms with Crippen molar-refractivity contribution in [1.29, 1.82) is 0 Å². The molecule has 58 valence electrons. The fraction of sp³-hybridized carbons (Fsp3) is 0.750. The Balaban J connectivity index is 3.11. The van der Waals surface area contributed by atoms with Gasteiger partial charge in [-0.3, -0.25) is 0 Å². The number of aldehydes is 2. The molecule has 0 aromatic rings. The number of rotatable bonds is 6. The molecule has 0 aliphatic heterocycles. The molecule has 2 heteroatoms. The van der Waals surface area contributed by atoms with Gasteiger partial charge < -0.3 is 9.59 Å². The Morgan fingerprint density at radius 2 is 2.00 bits per heavy atom. The van der Waals surface area contributed by atoms with Crippen LogP contribution in [-0.4, -0.2) is 12.6 Å². The summed E-state index contributed by atoms with van der Waals surface area (Å²) in [5.74, 6) is 0.442. The predicted octanol–water partition coefficient (Wildman–Crippen LogP) is 1.58. The lowest BCUT2D eigenvalue weighted by Crippen LogP contribution is -1.95. The molecule has 2 nitrogen and oxygen atoms in total. The number of unbranched alkanes of at least 4 members (excludes halogenated alkanes) is 1. The zero-order valence-electron chi connectivity index (χ0n) is 6.38. The molecule has 0 N–H and O–H groups in total. The van der Waals surface area contributed by atoms with E-state index in [1.54, 1.807) is 0 Å². The Kier molecular flexibility index (Phi) is 6.03. The van der Waals surface area contributed by atoms with E-state index in [0.717, 1.165) is 25.4 Å². The van der Waals surface area contributed by atoms with Gasteiger partial charge in [-0.15, -0.1) is 0 Å². The van der Waals surface area contributed by atoms with Gasteiger partial charge in [0.05, 0.1) is 0 Å². The lowest BCUT2D eigenvalue weighted by atomic mass is 10.0. The van der Waals surface area contributed by atoms with E-state index >= 15 is 0 Å². The Hall–Kier alpha value is -0.660. The van der Waals surface area contributed by atoms with Gasteiger partial charge >= 0.3 is 0 Å². The Bertz CT molecular complexity index is 99.4. The molecule has 0 saturated carbocycles. The summed E-state index contributed by atoms with van der Waals surface area (Å²) in [6.07, 6.45) is 5.01. The summed E-state index contributed by atoms with van der Waals surface area (Å²) in [6.45, 7) is 2.03. The van der Waals surface area contributed by atoms with Crippen LogP contribution in [0.4, 0.5) is 0 Å². The summed E-state index contributed by atoms with van der Waals surface area (Å²) in [5, 5.41) is 0. The van der Waals surface area contributed by atoms with Crippen molar-refractivity contribution in [3.05, 3.63) is 0 Å². The molecule has 0 saturated heterocycles. The normalized spacial score (nSPS) is 12.5. The zero-order valence-corrected chi connectivity index (χ0v) is 6.38. The highest BCUT2D eigenvalue weighted by molar-refractivity contribution is 5.50. The van der Waals surface area contributed by atoms with E-state index in [0.29, 0.717) is 18.8 Å². The minimum absolute atomic E-state index is 0.442. The molecule has 0 radical (unpaired) electrons. The Morgan fingerprint density at radius 1 is 1.30 bits per heavy atom. The maximum atomic E-state index is 9.98. The Morgan fingerprint density at radius 3 is 2.50 bits per heavy atom. The van der Waals surface area contributed by atoms with Gasteiger partial charge in [-0.25, -0.2) is 0 Å². The summed E-state index contributed by atoms with van der Waals surface area (Å²) in [7, 11) is 0. The first-order valence-corrected chi connectivity index (χ1v) is 3.68. The van der Waals surface area contributed by atoms with Crippen LogP contribution in [0.3, 0.4) is 0 Å². The molecular weight excluding hydrogens is 128 g/mol. The molecule has 10 heavy (non-hydrogen) atoms. The van der Waals surface area contributed by atoms with Gasteiger partial charge in [0.2, 0.25) is 0 Å². The molecule has 1 unspecified atom stereocenters. The third-order valence-electron chi connectivity index (χ3n) is 1.52. The Labute approximate surface area is 61.6 Å². The molecule has 0 heterocycles. The molecule has 0 fully saturated rings. The largest absolute Gasteiger partial charge is 0.303 e.